The molecule has 1 N–H and O–H groups in total. The number of benzene rings is 1. The van der Waals surface area contributed by atoms with Gasteiger partial charge in [0.1, 0.15) is 4.90 Å². The molecule has 0 bridgehead atoms. The molecule has 20 heavy (non-hydrogen) atoms. The third-order valence-electron chi connectivity index (χ3n) is 3.42. The Labute approximate surface area is 133 Å². The Morgan fingerprint density at radius 1 is 1.50 bits per heavy atom. The van der Waals surface area contributed by atoms with E-state index in [1.165, 1.54) is 0 Å². The van der Waals surface area contributed by atoms with Crippen LogP contribution < -0.4 is 5.32 Å². The number of halogens is 2. The lowest BCUT2D eigenvalue weighted by atomic mass is 10.1. The van der Waals surface area contributed by atoms with Gasteiger partial charge in [-0.1, -0.05) is 31.0 Å². The van der Waals surface area contributed by atoms with Crippen LogP contribution in [-0.2, 0) is 10.0 Å². The molecule has 1 atom stereocenters. The van der Waals surface area contributed by atoms with Gasteiger partial charge in [0.25, 0.3) is 0 Å². The lowest BCUT2D eigenvalue weighted by molar-refractivity contribution is 0.254. The molecule has 1 fully saturated rings. The van der Waals surface area contributed by atoms with Crippen LogP contribution in [0.5, 0.6) is 0 Å². The molecule has 2 rings (SSSR count). The average molecular weight is 382 g/mol. The van der Waals surface area contributed by atoms with Crippen molar-refractivity contribution in [1.82, 2.24) is 9.62 Å². The Bertz CT molecular complexity index is 578. The van der Waals surface area contributed by atoms with Gasteiger partial charge >= 0.3 is 0 Å². The summed E-state index contributed by atoms with van der Waals surface area (Å²) in [5.74, 6) is 0. The van der Waals surface area contributed by atoms with Gasteiger partial charge in [-0.2, -0.15) is 4.31 Å². The normalized spacial score (nSPS) is 21.1. The summed E-state index contributed by atoms with van der Waals surface area (Å²) in [5.41, 5.74) is 0. The summed E-state index contributed by atoms with van der Waals surface area (Å²) in [6.45, 7) is 3.91. The van der Waals surface area contributed by atoms with E-state index < -0.39 is 10.0 Å². The molecule has 4 nitrogen and oxygen atoms in total. The monoisotopic (exact) mass is 380 g/mol. The Balaban J connectivity index is 2.40. The first-order valence-corrected chi connectivity index (χ1v) is 9.26. The van der Waals surface area contributed by atoms with E-state index in [0.717, 1.165) is 12.8 Å². The van der Waals surface area contributed by atoms with E-state index in [2.05, 4.69) is 28.2 Å². The van der Waals surface area contributed by atoms with E-state index in [1.807, 2.05) is 0 Å². The van der Waals surface area contributed by atoms with Gasteiger partial charge in [0.2, 0.25) is 10.0 Å². The molecule has 1 heterocycles. The van der Waals surface area contributed by atoms with Crippen LogP contribution >= 0.6 is 27.5 Å². The van der Waals surface area contributed by atoms with E-state index in [4.69, 9.17) is 11.6 Å². The standard InChI is InChI=1S/C13H18BrClN2O2S/c1-2-4-10-9-16-7-8-17(10)20(18,19)12-6-3-5-11(14)13(12)15/h3,5-6,10,16H,2,4,7-9H2,1H3. The highest BCUT2D eigenvalue weighted by molar-refractivity contribution is 9.10. The van der Waals surface area contributed by atoms with Crippen molar-refractivity contribution in [3.8, 4) is 0 Å². The number of hydrogen-bond acceptors (Lipinski definition) is 3. The van der Waals surface area contributed by atoms with Crippen LogP contribution in [-0.4, -0.2) is 38.4 Å². The quantitative estimate of drug-likeness (QED) is 0.872. The molecule has 1 saturated heterocycles. The van der Waals surface area contributed by atoms with Crippen LogP contribution in [0.4, 0.5) is 0 Å². The SMILES string of the molecule is CCCC1CNCCN1S(=O)(=O)c1cccc(Br)c1Cl. The zero-order chi connectivity index (χ0) is 14.8. The van der Waals surface area contributed by atoms with Crippen molar-refractivity contribution in [2.45, 2.75) is 30.7 Å². The van der Waals surface area contributed by atoms with Gasteiger partial charge in [0.05, 0.1) is 5.02 Å². The molecule has 112 valence electrons. The molecule has 7 heteroatoms. The maximum atomic E-state index is 12.8. The molecule has 1 aliphatic rings. The Morgan fingerprint density at radius 2 is 2.25 bits per heavy atom. The Morgan fingerprint density at radius 3 is 2.95 bits per heavy atom. The maximum Gasteiger partial charge on any atom is 0.244 e. The highest BCUT2D eigenvalue weighted by Crippen LogP contribution is 2.32. The van der Waals surface area contributed by atoms with Crippen LogP contribution in [0.1, 0.15) is 19.8 Å². The number of nitrogens with zero attached hydrogens (tertiary/aromatic N) is 1. The van der Waals surface area contributed by atoms with Gasteiger partial charge in [0, 0.05) is 30.1 Å². The third kappa shape index (κ3) is 3.20. The van der Waals surface area contributed by atoms with Crippen LogP contribution in [0.25, 0.3) is 0 Å². The summed E-state index contributed by atoms with van der Waals surface area (Å²) < 4.78 is 27.9. The molecular weight excluding hydrogens is 364 g/mol. The molecule has 0 aromatic heterocycles. The summed E-state index contributed by atoms with van der Waals surface area (Å²) in [5, 5.41) is 3.50. The highest BCUT2D eigenvalue weighted by atomic mass is 79.9. The topological polar surface area (TPSA) is 49.4 Å². The molecular formula is C13H18BrClN2O2S. The van der Waals surface area contributed by atoms with Gasteiger partial charge in [-0.05, 0) is 34.5 Å². The summed E-state index contributed by atoms with van der Waals surface area (Å²) in [7, 11) is -3.56. The van der Waals surface area contributed by atoms with Crippen LogP contribution in [0, 0.1) is 0 Å². The largest absolute Gasteiger partial charge is 0.314 e. The number of sulfonamides is 1. The number of nitrogens with one attached hydrogen (secondary N) is 1. The average Bonchev–Trinajstić information content (AvgIpc) is 2.42. The van der Waals surface area contributed by atoms with Crippen LogP contribution in [0.15, 0.2) is 27.6 Å². The molecule has 0 amide bonds. The van der Waals surface area contributed by atoms with Crippen molar-refractivity contribution >= 4 is 37.6 Å². The number of hydrogen-bond donors (Lipinski definition) is 1. The van der Waals surface area contributed by atoms with Crippen molar-refractivity contribution in [1.29, 1.82) is 0 Å². The third-order valence-corrected chi connectivity index (χ3v) is 6.82. The number of piperazine rings is 1. The second kappa shape index (κ2) is 6.75. The van der Waals surface area contributed by atoms with Gasteiger partial charge in [-0.15, -0.1) is 0 Å². The first-order chi connectivity index (χ1) is 9.48. The Kier molecular flexibility index (Phi) is 5.48. The zero-order valence-corrected chi connectivity index (χ0v) is 14.4. The van der Waals surface area contributed by atoms with E-state index in [-0.39, 0.29) is 16.0 Å². The van der Waals surface area contributed by atoms with E-state index in [1.54, 1.807) is 22.5 Å². The molecule has 0 aliphatic carbocycles. The smallest absolute Gasteiger partial charge is 0.244 e. The first kappa shape index (κ1) is 16.2. The summed E-state index contributed by atoms with van der Waals surface area (Å²) in [6, 6.07) is 4.99. The van der Waals surface area contributed by atoms with Crippen molar-refractivity contribution in [3.05, 3.63) is 27.7 Å². The number of rotatable bonds is 4. The van der Waals surface area contributed by atoms with Crippen molar-refractivity contribution in [2.24, 2.45) is 0 Å². The van der Waals surface area contributed by atoms with Gasteiger partial charge in [-0.3, -0.25) is 0 Å². The van der Waals surface area contributed by atoms with Gasteiger partial charge in [0.15, 0.2) is 0 Å². The summed E-state index contributed by atoms with van der Waals surface area (Å²) >= 11 is 9.43. The summed E-state index contributed by atoms with van der Waals surface area (Å²) in [4.78, 5) is 0.177. The zero-order valence-electron chi connectivity index (χ0n) is 11.3. The second-order valence-electron chi connectivity index (χ2n) is 4.81. The minimum absolute atomic E-state index is 0.00574. The summed E-state index contributed by atoms with van der Waals surface area (Å²) in [6.07, 6.45) is 1.79. The minimum Gasteiger partial charge on any atom is -0.314 e. The highest BCUT2D eigenvalue weighted by Gasteiger charge is 2.34. The fraction of sp³-hybridized carbons (Fsp3) is 0.538. The first-order valence-electron chi connectivity index (χ1n) is 6.65. The van der Waals surface area contributed by atoms with E-state index in [9.17, 15) is 8.42 Å². The maximum absolute atomic E-state index is 12.8. The predicted molar refractivity (Wildman–Crippen MR) is 84.6 cm³/mol. The van der Waals surface area contributed by atoms with Crippen molar-refractivity contribution < 1.29 is 8.42 Å². The van der Waals surface area contributed by atoms with Crippen molar-refractivity contribution in [2.75, 3.05) is 19.6 Å². The van der Waals surface area contributed by atoms with Gasteiger partial charge < -0.3 is 5.32 Å². The minimum atomic E-state index is -3.56. The predicted octanol–water partition coefficient (Wildman–Crippen LogP) is 2.87. The van der Waals surface area contributed by atoms with Gasteiger partial charge in [-0.25, -0.2) is 8.42 Å². The lowest BCUT2D eigenvalue weighted by Gasteiger charge is -2.35. The Hall–Kier alpha value is -0.140. The van der Waals surface area contributed by atoms with E-state index >= 15 is 0 Å². The molecule has 1 aromatic carbocycles. The molecule has 0 saturated carbocycles. The fourth-order valence-electron chi connectivity index (χ4n) is 2.45. The van der Waals surface area contributed by atoms with Crippen LogP contribution in [0.2, 0.25) is 5.02 Å². The van der Waals surface area contributed by atoms with Crippen molar-refractivity contribution in [3.63, 3.8) is 0 Å². The molecule has 0 radical (unpaired) electrons. The molecule has 1 aromatic rings. The molecule has 0 spiro atoms. The lowest BCUT2D eigenvalue weighted by Crippen LogP contribution is -2.53. The van der Waals surface area contributed by atoms with Crippen LogP contribution in [0.3, 0.4) is 0 Å². The molecule has 1 unspecified atom stereocenters. The molecule has 1 aliphatic heterocycles. The fourth-order valence-corrected chi connectivity index (χ4v) is 5.11. The van der Waals surface area contributed by atoms with E-state index in [0.29, 0.717) is 24.1 Å². The second-order valence-corrected chi connectivity index (χ2v) is 7.91.